The molecule has 0 amide bonds. The van der Waals surface area contributed by atoms with Crippen molar-refractivity contribution < 1.29 is 17.6 Å². The normalized spacial score (nSPS) is 11.3. The Morgan fingerprint density at radius 2 is 1.89 bits per heavy atom. The van der Waals surface area contributed by atoms with Gasteiger partial charge in [0.2, 0.25) is 0 Å². The summed E-state index contributed by atoms with van der Waals surface area (Å²) in [5, 5.41) is 0.265. The zero-order valence-electron chi connectivity index (χ0n) is 14.4. The minimum atomic E-state index is -4.13. The van der Waals surface area contributed by atoms with Crippen molar-refractivity contribution in [2.24, 2.45) is 0 Å². The molecule has 0 bridgehead atoms. The van der Waals surface area contributed by atoms with Crippen LogP contribution < -0.4 is 4.72 Å². The molecular formula is C19H13BrClFN2O3S. The number of anilines is 1. The third-order valence-corrected chi connectivity index (χ3v) is 6.09. The van der Waals surface area contributed by atoms with Gasteiger partial charge < -0.3 is 0 Å². The highest BCUT2D eigenvalue weighted by Crippen LogP contribution is 2.27. The highest BCUT2D eigenvalue weighted by molar-refractivity contribution is 9.10. The Morgan fingerprint density at radius 1 is 1.14 bits per heavy atom. The van der Waals surface area contributed by atoms with Crippen LogP contribution in [0.5, 0.6) is 0 Å². The second-order valence-corrected chi connectivity index (χ2v) is 8.86. The van der Waals surface area contributed by atoms with E-state index in [0.717, 1.165) is 11.8 Å². The highest BCUT2D eigenvalue weighted by atomic mass is 79.9. The summed E-state index contributed by atoms with van der Waals surface area (Å²) >= 11 is 8.98. The van der Waals surface area contributed by atoms with E-state index in [2.05, 4.69) is 25.6 Å². The second kappa shape index (κ2) is 7.98. The fourth-order valence-corrected chi connectivity index (χ4v) is 3.91. The number of carbonyl (C=O) groups excluding carboxylic acids is 1. The summed E-state index contributed by atoms with van der Waals surface area (Å²) in [4.78, 5) is 16.7. The Morgan fingerprint density at radius 3 is 2.54 bits per heavy atom. The number of carbonyl (C=O) groups is 1. The van der Waals surface area contributed by atoms with E-state index in [1.165, 1.54) is 36.5 Å². The minimum Gasteiger partial charge on any atom is -0.288 e. The maximum Gasteiger partial charge on any atom is 0.262 e. The van der Waals surface area contributed by atoms with E-state index in [0.29, 0.717) is 0 Å². The number of nitrogens with one attached hydrogen (secondary N) is 1. The molecule has 5 nitrogen and oxygen atoms in total. The molecule has 1 N–H and O–H groups in total. The molecule has 3 aromatic rings. The molecule has 3 rings (SSSR count). The van der Waals surface area contributed by atoms with Gasteiger partial charge in [-0.25, -0.2) is 12.8 Å². The molecule has 0 aliphatic rings. The average Bonchev–Trinajstić information content (AvgIpc) is 2.65. The zero-order valence-corrected chi connectivity index (χ0v) is 17.6. The minimum absolute atomic E-state index is 0.0262. The largest absolute Gasteiger partial charge is 0.288 e. The van der Waals surface area contributed by atoms with Crippen LogP contribution in [0.2, 0.25) is 5.02 Å². The number of hydrogen-bond acceptors (Lipinski definition) is 4. The van der Waals surface area contributed by atoms with E-state index in [-0.39, 0.29) is 31.2 Å². The van der Waals surface area contributed by atoms with Gasteiger partial charge in [0.1, 0.15) is 5.82 Å². The lowest BCUT2D eigenvalue weighted by atomic mass is 10.0. The van der Waals surface area contributed by atoms with Gasteiger partial charge in [0, 0.05) is 28.0 Å². The lowest BCUT2D eigenvalue weighted by Gasteiger charge is -2.13. The Bertz CT molecular complexity index is 1170. The molecule has 0 atom stereocenters. The number of aromatic nitrogens is 1. The molecule has 0 saturated carbocycles. The quantitative estimate of drug-likeness (QED) is 0.520. The van der Waals surface area contributed by atoms with Gasteiger partial charge in [-0.1, -0.05) is 11.6 Å². The Hall–Kier alpha value is -2.29. The number of rotatable bonds is 5. The van der Waals surface area contributed by atoms with E-state index in [1.807, 2.05) is 0 Å². The maximum atomic E-state index is 13.7. The highest BCUT2D eigenvalue weighted by Gasteiger charge is 2.21. The zero-order chi connectivity index (χ0) is 20.5. The first kappa shape index (κ1) is 20.4. The summed E-state index contributed by atoms with van der Waals surface area (Å²) in [7, 11) is -4.13. The van der Waals surface area contributed by atoms with Crippen LogP contribution in [-0.4, -0.2) is 19.2 Å². The third kappa shape index (κ3) is 4.40. The predicted molar refractivity (Wildman–Crippen MR) is 109 cm³/mol. The summed E-state index contributed by atoms with van der Waals surface area (Å²) in [5.74, 6) is -1.17. The van der Waals surface area contributed by atoms with Gasteiger partial charge in [-0.05, 0) is 71.4 Å². The van der Waals surface area contributed by atoms with E-state index in [4.69, 9.17) is 11.6 Å². The fourth-order valence-electron chi connectivity index (χ4n) is 2.40. The van der Waals surface area contributed by atoms with Gasteiger partial charge in [0.05, 0.1) is 15.1 Å². The monoisotopic (exact) mass is 482 g/mol. The first-order valence-corrected chi connectivity index (χ1v) is 10.6. The Balaban J connectivity index is 2.01. The molecule has 28 heavy (non-hydrogen) atoms. The maximum absolute atomic E-state index is 13.7. The van der Waals surface area contributed by atoms with Crippen LogP contribution in [0.1, 0.15) is 21.6 Å². The number of benzene rings is 2. The molecule has 2 aromatic carbocycles. The topological polar surface area (TPSA) is 76.1 Å². The summed E-state index contributed by atoms with van der Waals surface area (Å²) in [5.41, 5.74) is 1.10. The lowest BCUT2D eigenvalue weighted by Crippen LogP contribution is -2.16. The van der Waals surface area contributed by atoms with Crippen molar-refractivity contribution >= 4 is 49.0 Å². The molecule has 9 heteroatoms. The lowest BCUT2D eigenvalue weighted by molar-refractivity contribution is 0.103. The van der Waals surface area contributed by atoms with Crippen molar-refractivity contribution in [3.8, 4) is 0 Å². The molecule has 1 heterocycles. The van der Waals surface area contributed by atoms with Crippen molar-refractivity contribution in [3.05, 3.63) is 86.9 Å². The number of aryl methyl sites for hydroxylation is 1. The van der Waals surface area contributed by atoms with E-state index >= 15 is 0 Å². The predicted octanol–water partition coefficient (Wildman–Crippen LogP) is 4.98. The summed E-state index contributed by atoms with van der Waals surface area (Å²) in [6.45, 7) is 1.78. The van der Waals surface area contributed by atoms with Crippen LogP contribution in [0.4, 0.5) is 10.1 Å². The van der Waals surface area contributed by atoms with Crippen molar-refractivity contribution in [3.63, 3.8) is 0 Å². The summed E-state index contributed by atoms with van der Waals surface area (Å²) < 4.78 is 41.5. The molecule has 0 aliphatic carbocycles. The Kier molecular flexibility index (Phi) is 5.83. The number of sulfonamides is 1. The standard InChI is InChI=1S/C19H13BrClFN2O3S/c1-11-2-3-12(10-23-11)19(25)15-8-13(21)4-7-18(15)24-28(26,27)14-5-6-16(20)17(22)9-14/h2-10,24H,1H3. The number of pyridine rings is 1. The van der Waals surface area contributed by atoms with Crippen molar-refractivity contribution in [2.45, 2.75) is 11.8 Å². The number of hydrogen-bond donors (Lipinski definition) is 1. The first-order valence-electron chi connectivity index (χ1n) is 7.92. The molecular weight excluding hydrogens is 471 g/mol. The number of nitrogens with zero attached hydrogens (tertiary/aromatic N) is 1. The van der Waals surface area contributed by atoms with Crippen LogP contribution in [0.3, 0.4) is 0 Å². The van der Waals surface area contributed by atoms with Gasteiger partial charge in [-0.15, -0.1) is 0 Å². The van der Waals surface area contributed by atoms with Crippen LogP contribution in [-0.2, 0) is 10.0 Å². The van der Waals surface area contributed by atoms with E-state index < -0.39 is 21.6 Å². The smallest absolute Gasteiger partial charge is 0.262 e. The first-order chi connectivity index (χ1) is 13.2. The van der Waals surface area contributed by atoms with Crippen molar-refractivity contribution in [1.29, 1.82) is 0 Å². The van der Waals surface area contributed by atoms with Gasteiger partial charge in [-0.2, -0.15) is 0 Å². The van der Waals surface area contributed by atoms with E-state index in [9.17, 15) is 17.6 Å². The van der Waals surface area contributed by atoms with Crippen LogP contribution in [0.25, 0.3) is 0 Å². The molecule has 0 unspecified atom stereocenters. The van der Waals surface area contributed by atoms with Crippen LogP contribution >= 0.6 is 27.5 Å². The van der Waals surface area contributed by atoms with Crippen molar-refractivity contribution in [2.75, 3.05) is 4.72 Å². The van der Waals surface area contributed by atoms with Gasteiger partial charge in [-0.3, -0.25) is 14.5 Å². The molecule has 0 fully saturated rings. The SMILES string of the molecule is Cc1ccc(C(=O)c2cc(Cl)ccc2NS(=O)(=O)c2ccc(Br)c(F)c2)cn1. The third-order valence-electron chi connectivity index (χ3n) is 3.85. The molecule has 0 spiro atoms. The molecule has 0 radical (unpaired) electrons. The molecule has 0 aliphatic heterocycles. The average molecular weight is 484 g/mol. The van der Waals surface area contributed by atoms with Crippen LogP contribution in [0.15, 0.2) is 64.1 Å². The Labute approximate surface area is 174 Å². The van der Waals surface area contributed by atoms with Gasteiger partial charge in [0.25, 0.3) is 10.0 Å². The molecule has 1 aromatic heterocycles. The van der Waals surface area contributed by atoms with E-state index in [1.54, 1.807) is 19.1 Å². The van der Waals surface area contributed by atoms with Gasteiger partial charge >= 0.3 is 0 Å². The summed E-state index contributed by atoms with van der Waals surface area (Å²) in [6, 6.07) is 10.9. The number of ketones is 1. The van der Waals surface area contributed by atoms with Crippen molar-refractivity contribution in [1.82, 2.24) is 4.98 Å². The number of halogens is 3. The fraction of sp³-hybridized carbons (Fsp3) is 0.0526. The molecule has 0 saturated heterocycles. The van der Waals surface area contributed by atoms with Crippen LogP contribution in [0, 0.1) is 12.7 Å². The molecule has 144 valence electrons. The van der Waals surface area contributed by atoms with Gasteiger partial charge in [0.15, 0.2) is 5.78 Å². The second-order valence-electron chi connectivity index (χ2n) is 5.89. The summed E-state index contributed by atoms with van der Waals surface area (Å²) in [6.07, 6.45) is 1.40.